The molecule has 132 valence electrons. The molecule has 7 heteroatoms. The number of aromatic hydroxyl groups is 1. The highest BCUT2D eigenvalue weighted by molar-refractivity contribution is 5.96. The van der Waals surface area contributed by atoms with Gasteiger partial charge in [-0.3, -0.25) is 9.59 Å². The zero-order chi connectivity index (χ0) is 17.4. The normalized spacial score (nSPS) is 15.2. The van der Waals surface area contributed by atoms with Crippen LogP contribution >= 0.6 is 0 Å². The van der Waals surface area contributed by atoms with E-state index in [4.69, 9.17) is 9.47 Å². The van der Waals surface area contributed by atoms with E-state index >= 15 is 0 Å². The zero-order valence-corrected chi connectivity index (χ0v) is 13.9. The highest BCUT2D eigenvalue weighted by Crippen LogP contribution is 2.18. The molecule has 0 bridgehead atoms. The molecule has 0 unspecified atom stereocenters. The van der Waals surface area contributed by atoms with Crippen molar-refractivity contribution in [3.63, 3.8) is 0 Å². The zero-order valence-electron chi connectivity index (χ0n) is 13.9. The van der Waals surface area contributed by atoms with E-state index in [1.807, 2.05) is 0 Å². The van der Waals surface area contributed by atoms with Crippen molar-refractivity contribution in [1.82, 2.24) is 9.80 Å². The number of phenolic OH excluding ortho intramolecular Hbond substituents is 1. The van der Waals surface area contributed by atoms with E-state index in [-0.39, 0.29) is 24.2 Å². The van der Waals surface area contributed by atoms with Gasteiger partial charge in [0.05, 0.1) is 18.8 Å². The van der Waals surface area contributed by atoms with Gasteiger partial charge in [0, 0.05) is 33.3 Å². The average Bonchev–Trinajstić information content (AvgIpc) is 2.84. The maximum atomic E-state index is 12.5. The summed E-state index contributed by atoms with van der Waals surface area (Å²) in [5.74, 6) is -0.312. The fraction of sp³-hybridized carbons (Fsp3) is 0.529. The minimum atomic E-state index is -0.209. The van der Waals surface area contributed by atoms with Crippen molar-refractivity contribution >= 4 is 11.8 Å². The van der Waals surface area contributed by atoms with Gasteiger partial charge in [-0.25, -0.2) is 0 Å². The highest BCUT2D eigenvalue weighted by atomic mass is 16.5. The number of hydrogen-bond acceptors (Lipinski definition) is 5. The number of para-hydroxylation sites is 1. The number of nitrogens with zero attached hydrogens (tertiary/aromatic N) is 2. The van der Waals surface area contributed by atoms with E-state index in [0.717, 1.165) is 0 Å². The maximum Gasteiger partial charge on any atom is 0.257 e. The lowest BCUT2D eigenvalue weighted by Gasteiger charge is -2.22. The summed E-state index contributed by atoms with van der Waals surface area (Å²) in [5.41, 5.74) is 0.292. The summed E-state index contributed by atoms with van der Waals surface area (Å²) in [6.07, 6.45) is 0.698. The highest BCUT2D eigenvalue weighted by Gasteiger charge is 2.24. The van der Waals surface area contributed by atoms with Gasteiger partial charge in [0.2, 0.25) is 5.91 Å². The van der Waals surface area contributed by atoms with Gasteiger partial charge in [0.25, 0.3) is 5.91 Å². The minimum absolute atomic E-state index is 0.0220. The predicted octanol–water partition coefficient (Wildman–Crippen LogP) is 0.730. The predicted molar refractivity (Wildman–Crippen MR) is 87.9 cm³/mol. The fourth-order valence-electron chi connectivity index (χ4n) is 2.59. The Bertz CT molecular complexity index is 564. The van der Waals surface area contributed by atoms with Gasteiger partial charge in [-0.1, -0.05) is 12.1 Å². The summed E-state index contributed by atoms with van der Waals surface area (Å²) in [6.45, 7) is 2.92. The molecule has 0 radical (unpaired) electrons. The third kappa shape index (κ3) is 4.94. The van der Waals surface area contributed by atoms with E-state index in [1.165, 1.54) is 6.07 Å². The molecule has 1 aromatic carbocycles. The molecule has 1 N–H and O–H groups in total. The lowest BCUT2D eigenvalue weighted by molar-refractivity contribution is -0.136. The molecular weight excluding hydrogens is 312 g/mol. The first kappa shape index (κ1) is 18.2. The molecule has 0 spiro atoms. The van der Waals surface area contributed by atoms with Crippen LogP contribution in [-0.2, 0) is 14.3 Å². The Morgan fingerprint density at radius 2 is 1.79 bits per heavy atom. The van der Waals surface area contributed by atoms with Crippen LogP contribution < -0.4 is 0 Å². The number of ether oxygens (including phenoxy) is 2. The standard InChI is InChI=1S/C17H24N2O5/c1-23-11-12-24-13-16(21)18-7-4-8-19(10-9-18)17(22)14-5-2-3-6-15(14)20/h2-3,5-6,20H,4,7-13H2,1H3. The van der Waals surface area contributed by atoms with Crippen LogP contribution in [0.3, 0.4) is 0 Å². The first-order chi connectivity index (χ1) is 11.6. The number of phenols is 1. The van der Waals surface area contributed by atoms with Gasteiger partial charge in [0.15, 0.2) is 0 Å². The number of rotatable bonds is 6. The van der Waals surface area contributed by atoms with Crippen LogP contribution in [0.15, 0.2) is 24.3 Å². The number of carbonyl (C=O) groups is 2. The molecule has 0 aliphatic carbocycles. The van der Waals surface area contributed by atoms with E-state index in [0.29, 0.717) is 51.4 Å². The smallest absolute Gasteiger partial charge is 0.257 e. The van der Waals surface area contributed by atoms with E-state index in [9.17, 15) is 14.7 Å². The Kier molecular flexibility index (Phi) is 7.02. The lowest BCUT2D eigenvalue weighted by Crippen LogP contribution is -2.39. The molecule has 1 saturated heterocycles. The van der Waals surface area contributed by atoms with Crippen molar-refractivity contribution in [2.24, 2.45) is 0 Å². The number of methoxy groups -OCH3 is 1. The third-order valence-corrected chi connectivity index (χ3v) is 3.93. The Balaban J connectivity index is 1.87. The number of hydrogen-bond donors (Lipinski definition) is 1. The van der Waals surface area contributed by atoms with Crippen molar-refractivity contribution in [3.05, 3.63) is 29.8 Å². The van der Waals surface area contributed by atoms with Crippen molar-refractivity contribution in [3.8, 4) is 5.75 Å². The van der Waals surface area contributed by atoms with Crippen LogP contribution in [0.5, 0.6) is 5.75 Å². The van der Waals surface area contributed by atoms with Crippen LogP contribution in [0.2, 0.25) is 0 Å². The van der Waals surface area contributed by atoms with E-state index < -0.39 is 0 Å². The molecular formula is C17H24N2O5. The van der Waals surface area contributed by atoms with Gasteiger partial charge in [-0.2, -0.15) is 0 Å². The van der Waals surface area contributed by atoms with E-state index in [2.05, 4.69) is 0 Å². The molecule has 0 saturated carbocycles. The second kappa shape index (κ2) is 9.24. The monoisotopic (exact) mass is 336 g/mol. The minimum Gasteiger partial charge on any atom is -0.507 e. The topological polar surface area (TPSA) is 79.3 Å². The summed E-state index contributed by atoms with van der Waals surface area (Å²) in [5, 5.41) is 9.82. The second-order valence-corrected chi connectivity index (χ2v) is 5.59. The van der Waals surface area contributed by atoms with Crippen LogP contribution in [-0.4, -0.2) is 79.8 Å². The van der Waals surface area contributed by atoms with Crippen molar-refractivity contribution in [1.29, 1.82) is 0 Å². The fourth-order valence-corrected chi connectivity index (χ4v) is 2.59. The SMILES string of the molecule is COCCOCC(=O)N1CCCN(C(=O)c2ccccc2O)CC1. The van der Waals surface area contributed by atoms with Gasteiger partial charge in [-0.15, -0.1) is 0 Å². The molecule has 7 nitrogen and oxygen atoms in total. The molecule has 2 amide bonds. The quantitative estimate of drug-likeness (QED) is 0.775. The molecule has 1 aliphatic heterocycles. The number of benzene rings is 1. The van der Waals surface area contributed by atoms with Crippen LogP contribution in [0, 0.1) is 0 Å². The van der Waals surface area contributed by atoms with Crippen molar-refractivity contribution in [2.75, 3.05) is 53.1 Å². The Morgan fingerprint density at radius 3 is 2.54 bits per heavy atom. The number of amides is 2. The van der Waals surface area contributed by atoms with Gasteiger partial charge in [-0.05, 0) is 18.6 Å². The Morgan fingerprint density at radius 1 is 1.08 bits per heavy atom. The second-order valence-electron chi connectivity index (χ2n) is 5.59. The first-order valence-corrected chi connectivity index (χ1v) is 8.05. The summed E-state index contributed by atoms with van der Waals surface area (Å²) < 4.78 is 10.1. The molecule has 24 heavy (non-hydrogen) atoms. The average molecular weight is 336 g/mol. The van der Waals surface area contributed by atoms with Crippen molar-refractivity contribution < 1.29 is 24.2 Å². The van der Waals surface area contributed by atoms with Crippen LogP contribution in [0.4, 0.5) is 0 Å². The molecule has 1 fully saturated rings. The molecule has 0 aromatic heterocycles. The maximum absolute atomic E-state index is 12.5. The number of carbonyl (C=O) groups excluding carboxylic acids is 2. The molecule has 1 aromatic rings. The summed E-state index contributed by atoms with van der Waals surface area (Å²) in [7, 11) is 1.58. The van der Waals surface area contributed by atoms with Crippen molar-refractivity contribution in [2.45, 2.75) is 6.42 Å². The van der Waals surface area contributed by atoms with Gasteiger partial charge < -0.3 is 24.4 Å². The van der Waals surface area contributed by atoms with Gasteiger partial charge in [0.1, 0.15) is 12.4 Å². The summed E-state index contributed by atoms with van der Waals surface area (Å²) >= 11 is 0. The summed E-state index contributed by atoms with van der Waals surface area (Å²) in [4.78, 5) is 28.0. The van der Waals surface area contributed by atoms with Crippen LogP contribution in [0.25, 0.3) is 0 Å². The van der Waals surface area contributed by atoms with Gasteiger partial charge >= 0.3 is 0 Å². The molecule has 0 atom stereocenters. The molecule has 1 aliphatic rings. The van der Waals surface area contributed by atoms with Crippen LogP contribution in [0.1, 0.15) is 16.8 Å². The lowest BCUT2D eigenvalue weighted by atomic mass is 10.1. The Labute approximate surface area is 141 Å². The Hall–Kier alpha value is -2.12. The first-order valence-electron chi connectivity index (χ1n) is 8.05. The largest absolute Gasteiger partial charge is 0.507 e. The summed E-state index contributed by atoms with van der Waals surface area (Å²) in [6, 6.07) is 6.50. The van der Waals surface area contributed by atoms with E-state index in [1.54, 1.807) is 35.1 Å². The molecule has 2 rings (SSSR count). The molecule has 1 heterocycles. The third-order valence-electron chi connectivity index (χ3n) is 3.93.